The van der Waals surface area contributed by atoms with E-state index in [0.29, 0.717) is 11.6 Å². The minimum absolute atomic E-state index is 0.0168. The molecule has 5 heteroatoms. The molecule has 0 aliphatic heterocycles. The van der Waals surface area contributed by atoms with Gasteiger partial charge in [0, 0.05) is 16.0 Å². The molecule has 3 rings (SSSR count). The van der Waals surface area contributed by atoms with Crippen LogP contribution in [-0.4, -0.2) is 16.1 Å². The van der Waals surface area contributed by atoms with Gasteiger partial charge < -0.3 is 9.52 Å². The highest BCUT2D eigenvalue weighted by atomic mass is 79.9. The van der Waals surface area contributed by atoms with Crippen molar-refractivity contribution in [3.8, 4) is 11.5 Å². The summed E-state index contributed by atoms with van der Waals surface area (Å²) in [7, 11) is 0. The molecule has 1 N–H and O–H groups in total. The summed E-state index contributed by atoms with van der Waals surface area (Å²) in [5, 5.41) is 9.18. The minimum atomic E-state index is -1.05. The third-order valence-electron chi connectivity index (χ3n) is 3.24. The van der Waals surface area contributed by atoms with Crippen LogP contribution in [0.2, 0.25) is 0 Å². The van der Waals surface area contributed by atoms with Gasteiger partial charge in [-0.3, -0.25) is 0 Å². The van der Waals surface area contributed by atoms with E-state index >= 15 is 0 Å². The monoisotopic (exact) mass is 321 g/mol. The normalized spacial score (nSPS) is 14.6. The molecular weight excluding hydrogens is 310 g/mol. The number of nitrogens with zero attached hydrogens (tertiary/aromatic N) is 1. The number of aryl methyl sites for hydroxylation is 1. The summed E-state index contributed by atoms with van der Waals surface area (Å²) in [5.74, 6) is -0.431. The van der Waals surface area contributed by atoms with Crippen molar-refractivity contribution in [2.45, 2.75) is 25.7 Å². The summed E-state index contributed by atoms with van der Waals surface area (Å²) in [6, 6.07) is 5.77. The van der Waals surface area contributed by atoms with E-state index in [1.165, 1.54) is 0 Å². The molecule has 1 heterocycles. The summed E-state index contributed by atoms with van der Waals surface area (Å²) >= 11 is 3.40. The van der Waals surface area contributed by atoms with E-state index in [4.69, 9.17) is 4.42 Å². The van der Waals surface area contributed by atoms with Gasteiger partial charge in [0.05, 0.1) is 5.69 Å². The molecule has 19 heavy (non-hydrogen) atoms. The smallest absolute Gasteiger partial charge is 0.373 e. The first-order valence-corrected chi connectivity index (χ1v) is 6.86. The van der Waals surface area contributed by atoms with Crippen LogP contribution in [0.5, 0.6) is 0 Å². The molecule has 1 aromatic heterocycles. The van der Waals surface area contributed by atoms with Gasteiger partial charge in [0.25, 0.3) is 0 Å². The van der Waals surface area contributed by atoms with Crippen LogP contribution >= 0.6 is 15.9 Å². The van der Waals surface area contributed by atoms with Crippen molar-refractivity contribution in [1.82, 2.24) is 4.98 Å². The Hall–Kier alpha value is -1.62. The standard InChI is InChI=1S/C14H12BrNO3/c1-7-2-5-9(15)6-10(7)13-16-11(8-3-4-8)12(19-13)14(17)18/h2,5-6,8H,3-4H2,1H3,(H,17,18). The second kappa shape index (κ2) is 4.49. The highest BCUT2D eigenvalue weighted by Gasteiger charge is 2.33. The lowest BCUT2D eigenvalue weighted by Crippen LogP contribution is -1.98. The molecule has 0 amide bonds. The Morgan fingerprint density at radius 1 is 1.47 bits per heavy atom. The van der Waals surface area contributed by atoms with Gasteiger partial charge in [-0.05, 0) is 37.5 Å². The van der Waals surface area contributed by atoms with Crippen LogP contribution < -0.4 is 0 Å². The van der Waals surface area contributed by atoms with Crippen LogP contribution in [-0.2, 0) is 0 Å². The third kappa shape index (κ3) is 2.30. The van der Waals surface area contributed by atoms with Crippen molar-refractivity contribution in [3.05, 3.63) is 39.7 Å². The first-order valence-electron chi connectivity index (χ1n) is 6.07. The molecule has 1 aromatic carbocycles. The zero-order valence-corrected chi connectivity index (χ0v) is 11.9. The lowest BCUT2D eigenvalue weighted by molar-refractivity contribution is 0.0661. The van der Waals surface area contributed by atoms with Gasteiger partial charge in [-0.25, -0.2) is 9.78 Å². The van der Waals surface area contributed by atoms with E-state index in [1.807, 2.05) is 25.1 Å². The van der Waals surface area contributed by atoms with Crippen LogP contribution in [0, 0.1) is 6.92 Å². The fraction of sp³-hybridized carbons (Fsp3) is 0.286. The average molecular weight is 322 g/mol. The van der Waals surface area contributed by atoms with Crippen LogP contribution in [0.15, 0.2) is 27.1 Å². The molecule has 98 valence electrons. The fourth-order valence-corrected chi connectivity index (χ4v) is 2.42. The topological polar surface area (TPSA) is 63.3 Å². The Balaban J connectivity index is 2.12. The largest absolute Gasteiger partial charge is 0.475 e. The Bertz CT molecular complexity index is 659. The van der Waals surface area contributed by atoms with E-state index in [1.54, 1.807) is 0 Å². The lowest BCUT2D eigenvalue weighted by Gasteiger charge is -2.01. The number of hydrogen-bond donors (Lipinski definition) is 1. The van der Waals surface area contributed by atoms with Gasteiger partial charge in [0.15, 0.2) is 0 Å². The molecule has 0 saturated heterocycles. The summed E-state index contributed by atoms with van der Waals surface area (Å²) in [6.07, 6.45) is 1.98. The maximum Gasteiger partial charge on any atom is 0.373 e. The van der Waals surface area contributed by atoms with Gasteiger partial charge in [-0.15, -0.1) is 0 Å². The molecular formula is C14H12BrNO3. The molecule has 1 fully saturated rings. The highest BCUT2D eigenvalue weighted by molar-refractivity contribution is 9.10. The number of aromatic carboxylic acids is 1. The zero-order valence-electron chi connectivity index (χ0n) is 10.3. The Kier molecular flexibility index (Phi) is 2.93. The van der Waals surface area contributed by atoms with Crippen LogP contribution in [0.1, 0.15) is 40.6 Å². The van der Waals surface area contributed by atoms with Crippen LogP contribution in [0.25, 0.3) is 11.5 Å². The number of benzene rings is 1. The molecule has 0 unspecified atom stereocenters. The molecule has 4 nitrogen and oxygen atoms in total. The van der Waals surface area contributed by atoms with Crippen molar-refractivity contribution < 1.29 is 14.3 Å². The molecule has 0 bridgehead atoms. The van der Waals surface area contributed by atoms with E-state index in [9.17, 15) is 9.90 Å². The van der Waals surface area contributed by atoms with Crippen LogP contribution in [0.3, 0.4) is 0 Å². The Morgan fingerprint density at radius 3 is 2.84 bits per heavy atom. The predicted molar refractivity (Wildman–Crippen MR) is 73.3 cm³/mol. The van der Waals surface area contributed by atoms with Crippen molar-refractivity contribution in [3.63, 3.8) is 0 Å². The SMILES string of the molecule is Cc1ccc(Br)cc1-c1nc(C2CC2)c(C(=O)O)o1. The van der Waals surface area contributed by atoms with Crippen molar-refractivity contribution in [2.24, 2.45) is 0 Å². The van der Waals surface area contributed by atoms with Crippen molar-refractivity contribution in [1.29, 1.82) is 0 Å². The number of carbonyl (C=O) groups is 1. The average Bonchev–Trinajstić information content (AvgIpc) is 3.11. The second-order valence-corrected chi connectivity index (χ2v) is 5.69. The van der Waals surface area contributed by atoms with Gasteiger partial charge >= 0.3 is 5.97 Å². The first kappa shape index (κ1) is 12.4. The first-order chi connectivity index (χ1) is 9.06. The highest BCUT2D eigenvalue weighted by Crippen LogP contribution is 2.42. The van der Waals surface area contributed by atoms with Gasteiger partial charge in [0.1, 0.15) is 0 Å². The molecule has 1 aliphatic carbocycles. The maximum atomic E-state index is 11.2. The number of aromatic nitrogens is 1. The molecule has 2 aromatic rings. The quantitative estimate of drug-likeness (QED) is 0.928. The van der Waals surface area contributed by atoms with Gasteiger partial charge in [-0.1, -0.05) is 22.0 Å². The van der Waals surface area contributed by atoms with E-state index in [0.717, 1.165) is 28.4 Å². The molecule has 0 spiro atoms. The molecule has 1 aliphatic rings. The number of hydrogen-bond acceptors (Lipinski definition) is 3. The second-order valence-electron chi connectivity index (χ2n) is 4.77. The zero-order chi connectivity index (χ0) is 13.6. The Morgan fingerprint density at radius 2 is 2.21 bits per heavy atom. The van der Waals surface area contributed by atoms with Crippen molar-refractivity contribution in [2.75, 3.05) is 0 Å². The number of halogens is 1. The molecule has 0 atom stereocenters. The van der Waals surface area contributed by atoms with E-state index in [2.05, 4.69) is 20.9 Å². The van der Waals surface area contributed by atoms with Gasteiger partial charge in [0.2, 0.25) is 11.7 Å². The van der Waals surface area contributed by atoms with Crippen molar-refractivity contribution >= 4 is 21.9 Å². The summed E-state index contributed by atoms with van der Waals surface area (Å²) in [4.78, 5) is 15.6. The number of carboxylic acid groups (broad SMARTS) is 1. The summed E-state index contributed by atoms with van der Waals surface area (Å²) in [5.41, 5.74) is 2.41. The maximum absolute atomic E-state index is 11.2. The number of rotatable bonds is 3. The Labute approximate surface area is 118 Å². The molecule has 0 radical (unpaired) electrons. The fourth-order valence-electron chi connectivity index (χ4n) is 2.06. The third-order valence-corrected chi connectivity index (χ3v) is 3.73. The lowest BCUT2D eigenvalue weighted by atomic mass is 10.1. The van der Waals surface area contributed by atoms with E-state index < -0.39 is 5.97 Å². The van der Waals surface area contributed by atoms with E-state index in [-0.39, 0.29) is 11.7 Å². The summed E-state index contributed by atoms with van der Waals surface area (Å²) in [6.45, 7) is 1.95. The van der Waals surface area contributed by atoms with Crippen LogP contribution in [0.4, 0.5) is 0 Å². The molecule has 1 saturated carbocycles. The summed E-state index contributed by atoms with van der Waals surface area (Å²) < 4.78 is 6.38. The van der Waals surface area contributed by atoms with Gasteiger partial charge in [-0.2, -0.15) is 0 Å². The number of oxazole rings is 1. The predicted octanol–water partition coefficient (Wildman–Crippen LogP) is 3.99. The number of carboxylic acids is 1. The minimum Gasteiger partial charge on any atom is -0.475 e.